The molecule has 0 amide bonds. The molecule has 0 aromatic carbocycles. The second kappa shape index (κ2) is 6.42. The molecule has 0 saturated heterocycles. The van der Waals surface area contributed by atoms with Crippen molar-refractivity contribution in [3.05, 3.63) is 23.7 Å². The van der Waals surface area contributed by atoms with E-state index in [1.54, 1.807) is 0 Å². The summed E-state index contributed by atoms with van der Waals surface area (Å²) in [6, 6.07) is 4.00. The molecule has 1 aromatic heterocycles. The first-order chi connectivity index (χ1) is 8.72. The van der Waals surface area contributed by atoms with E-state index in [9.17, 15) is 5.11 Å². The van der Waals surface area contributed by atoms with E-state index in [0.717, 1.165) is 30.3 Å². The lowest BCUT2D eigenvalue weighted by molar-refractivity contribution is 0.135. The normalized spacial score (nSPS) is 24.2. The molecule has 1 aromatic rings. The van der Waals surface area contributed by atoms with Gasteiger partial charge in [0.05, 0.1) is 0 Å². The molecule has 1 N–H and O–H groups in total. The molecule has 18 heavy (non-hydrogen) atoms. The summed E-state index contributed by atoms with van der Waals surface area (Å²) in [6.45, 7) is 4.47. The Labute approximate surface area is 110 Å². The molecule has 1 saturated carbocycles. The summed E-state index contributed by atoms with van der Waals surface area (Å²) in [7, 11) is 0. The fourth-order valence-electron chi connectivity index (χ4n) is 2.55. The Morgan fingerprint density at radius 1 is 1.28 bits per heavy atom. The summed E-state index contributed by atoms with van der Waals surface area (Å²) >= 11 is 0. The van der Waals surface area contributed by atoms with Crippen molar-refractivity contribution in [1.29, 1.82) is 0 Å². The van der Waals surface area contributed by atoms with Gasteiger partial charge in [0, 0.05) is 5.92 Å². The SMILES string of the molecule is CCCCCCCC(O)c1ccc(C2CC2C)o1. The van der Waals surface area contributed by atoms with Gasteiger partial charge in [0.1, 0.15) is 17.6 Å². The predicted octanol–water partition coefficient (Wildman–Crippen LogP) is 4.80. The zero-order valence-electron chi connectivity index (χ0n) is 11.7. The second-order valence-electron chi connectivity index (χ2n) is 5.78. The van der Waals surface area contributed by atoms with Crippen LogP contribution in [0.15, 0.2) is 16.5 Å². The van der Waals surface area contributed by atoms with Crippen LogP contribution >= 0.6 is 0 Å². The molecule has 0 bridgehead atoms. The average molecular weight is 250 g/mol. The van der Waals surface area contributed by atoms with E-state index in [1.165, 1.54) is 32.1 Å². The molecule has 1 heterocycles. The minimum absolute atomic E-state index is 0.408. The quantitative estimate of drug-likeness (QED) is 0.672. The maximum Gasteiger partial charge on any atom is 0.132 e. The van der Waals surface area contributed by atoms with Crippen LogP contribution in [0.1, 0.15) is 82.3 Å². The van der Waals surface area contributed by atoms with Crippen molar-refractivity contribution in [2.24, 2.45) is 5.92 Å². The standard InChI is InChI=1S/C16H26O2/c1-3-4-5-6-7-8-14(17)16-10-9-15(18-16)13-11-12(13)2/h9-10,12-14,17H,3-8,11H2,1-2H3. The Balaban J connectivity index is 1.71. The fraction of sp³-hybridized carbons (Fsp3) is 0.750. The molecule has 0 aliphatic heterocycles. The Morgan fingerprint density at radius 2 is 2.00 bits per heavy atom. The lowest BCUT2D eigenvalue weighted by atomic mass is 10.1. The van der Waals surface area contributed by atoms with Crippen LogP contribution in [0, 0.1) is 5.92 Å². The zero-order valence-corrected chi connectivity index (χ0v) is 11.7. The van der Waals surface area contributed by atoms with Crippen molar-refractivity contribution in [2.75, 3.05) is 0 Å². The summed E-state index contributed by atoms with van der Waals surface area (Å²) in [6.07, 6.45) is 7.83. The molecular weight excluding hydrogens is 224 g/mol. The fourth-order valence-corrected chi connectivity index (χ4v) is 2.55. The topological polar surface area (TPSA) is 33.4 Å². The van der Waals surface area contributed by atoms with E-state index >= 15 is 0 Å². The highest BCUT2D eigenvalue weighted by molar-refractivity contribution is 5.18. The highest BCUT2D eigenvalue weighted by Gasteiger charge is 2.36. The van der Waals surface area contributed by atoms with Crippen LogP contribution in [-0.4, -0.2) is 5.11 Å². The Morgan fingerprint density at radius 3 is 2.67 bits per heavy atom. The van der Waals surface area contributed by atoms with Gasteiger partial charge >= 0.3 is 0 Å². The van der Waals surface area contributed by atoms with Crippen molar-refractivity contribution < 1.29 is 9.52 Å². The van der Waals surface area contributed by atoms with Crippen LogP contribution in [0.4, 0.5) is 0 Å². The molecule has 1 aliphatic rings. The lowest BCUT2D eigenvalue weighted by Crippen LogP contribution is -1.95. The van der Waals surface area contributed by atoms with E-state index in [4.69, 9.17) is 4.42 Å². The smallest absolute Gasteiger partial charge is 0.132 e. The molecule has 3 unspecified atom stereocenters. The van der Waals surface area contributed by atoms with Gasteiger partial charge in [-0.15, -0.1) is 0 Å². The number of furan rings is 1. The third kappa shape index (κ3) is 3.61. The lowest BCUT2D eigenvalue weighted by Gasteiger charge is -2.07. The number of hydrogen-bond acceptors (Lipinski definition) is 2. The third-order valence-corrected chi connectivity index (χ3v) is 4.03. The molecule has 2 rings (SSSR count). The summed E-state index contributed by atoms with van der Waals surface area (Å²) in [5.74, 6) is 3.20. The highest BCUT2D eigenvalue weighted by atomic mass is 16.4. The van der Waals surface area contributed by atoms with Gasteiger partial charge in [0.2, 0.25) is 0 Å². The number of aliphatic hydroxyl groups excluding tert-OH is 1. The predicted molar refractivity (Wildman–Crippen MR) is 73.6 cm³/mol. The van der Waals surface area contributed by atoms with Gasteiger partial charge in [0.25, 0.3) is 0 Å². The largest absolute Gasteiger partial charge is 0.463 e. The van der Waals surface area contributed by atoms with Crippen LogP contribution < -0.4 is 0 Å². The summed E-state index contributed by atoms with van der Waals surface area (Å²) in [4.78, 5) is 0. The first kappa shape index (κ1) is 13.7. The molecule has 2 heteroatoms. The van der Waals surface area contributed by atoms with Crippen LogP contribution in [-0.2, 0) is 0 Å². The van der Waals surface area contributed by atoms with Crippen LogP contribution in [0.2, 0.25) is 0 Å². The molecule has 102 valence electrons. The summed E-state index contributed by atoms with van der Waals surface area (Å²) < 4.78 is 5.77. The number of hydrogen-bond donors (Lipinski definition) is 1. The Bertz CT molecular complexity index is 356. The van der Waals surface area contributed by atoms with Crippen molar-refractivity contribution in [2.45, 2.75) is 70.8 Å². The van der Waals surface area contributed by atoms with E-state index in [-0.39, 0.29) is 0 Å². The Kier molecular flexibility index (Phi) is 4.87. The average Bonchev–Trinajstić information content (AvgIpc) is 2.91. The second-order valence-corrected chi connectivity index (χ2v) is 5.78. The van der Waals surface area contributed by atoms with Gasteiger partial charge < -0.3 is 9.52 Å². The molecule has 0 spiro atoms. The molecule has 3 atom stereocenters. The first-order valence-electron chi connectivity index (χ1n) is 7.50. The van der Waals surface area contributed by atoms with Crippen molar-refractivity contribution in [3.8, 4) is 0 Å². The highest BCUT2D eigenvalue weighted by Crippen LogP contribution is 2.47. The monoisotopic (exact) mass is 250 g/mol. The van der Waals surface area contributed by atoms with E-state index < -0.39 is 6.10 Å². The molecular formula is C16H26O2. The maximum atomic E-state index is 10.1. The van der Waals surface area contributed by atoms with Crippen molar-refractivity contribution in [3.63, 3.8) is 0 Å². The number of aliphatic hydroxyl groups is 1. The first-order valence-corrected chi connectivity index (χ1v) is 7.50. The van der Waals surface area contributed by atoms with E-state index in [0.29, 0.717) is 5.92 Å². The number of rotatable bonds is 8. The third-order valence-electron chi connectivity index (χ3n) is 4.03. The van der Waals surface area contributed by atoms with Crippen molar-refractivity contribution >= 4 is 0 Å². The van der Waals surface area contributed by atoms with Gasteiger partial charge in [-0.3, -0.25) is 0 Å². The van der Waals surface area contributed by atoms with Crippen LogP contribution in [0.5, 0.6) is 0 Å². The van der Waals surface area contributed by atoms with Crippen LogP contribution in [0.25, 0.3) is 0 Å². The van der Waals surface area contributed by atoms with Gasteiger partial charge in [-0.05, 0) is 30.9 Å². The summed E-state index contributed by atoms with van der Waals surface area (Å²) in [5, 5.41) is 10.1. The van der Waals surface area contributed by atoms with Crippen LogP contribution in [0.3, 0.4) is 0 Å². The zero-order chi connectivity index (χ0) is 13.0. The van der Waals surface area contributed by atoms with Gasteiger partial charge in [-0.25, -0.2) is 0 Å². The Hall–Kier alpha value is -0.760. The minimum atomic E-state index is -0.408. The number of unbranched alkanes of at least 4 members (excludes halogenated alkanes) is 4. The van der Waals surface area contributed by atoms with Gasteiger partial charge in [-0.2, -0.15) is 0 Å². The summed E-state index contributed by atoms with van der Waals surface area (Å²) in [5.41, 5.74) is 0. The van der Waals surface area contributed by atoms with Gasteiger partial charge in [0.15, 0.2) is 0 Å². The molecule has 2 nitrogen and oxygen atoms in total. The molecule has 0 radical (unpaired) electrons. The molecule has 1 aliphatic carbocycles. The van der Waals surface area contributed by atoms with Gasteiger partial charge in [-0.1, -0.05) is 46.0 Å². The van der Waals surface area contributed by atoms with E-state index in [1.807, 2.05) is 12.1 Å². The molecule has 1 fully saturated rings. The maximum absolute atomic E-state index is 10.1. The minimum Gasteiger partial charge on any atom is -0.463 e. The van der Waals surface area contributed by atoms with Crippen molar-refractivity contribution in [1.82, 2.24) is 0 Å². The van der Waals surface area contributed by atoms with E-state index in [2.05, 4.69) is 13.8 Å².